The lowest BCUT2D eigenvalue weighted by Gasteiger charge is -2.42. The fraction of sp³-hybridized carbons (Fsp3) is 0.429. The minimum Gasteiger partial charge on any atom is -0.341 e. The third-order valence-electron chi connectivity index (χ3n) is 7.76. The number of anilines is 1. The molecule has 1 spiro atoms. The monoisotopic (exact) mass is 522 g/mol. The molecule has 196 valence electrons. The van der Waals surface area contributed by atoms with Crippen LogP contribution in [0, 0.1) is 0 Å². The summed E-state index contributed by atoms with van der Waals surface area (Å²) in [7, 11) is -3.63. The normalized spacial score (nSPS) is 20.8. The zero-order valence-corrected chi connectivity index (χ0v) is 21.9. The second-order valence-electron chi connectivity index (χ2n) is 10.0. The standard InChI is InChI=1S/C28H34N4O4S/c33-26(29-17-8-3-9-18-29)22-30-23-32(25-12-6-2-7-13-25)28(27(30)34)15-19-31(20-16-28)37(35,36)21-14-24-10-4-1-5-11-24/h1-2,4-7,10-14,21H,3,8-9,15-20,22-23H2/b21-14+. The smallest absolute Gasteiger partial charge is 0.250 e. The van der Waals surface area contributed by atoms with Gasteiger partial charge in [-0.25, -0.2) is 8.42 Å². The summed E-state index contributed by atoms with van der Waals surface area (Å²) in [5.74, 6) is -0.0947. The molecule has 3 aliphatic heterocycles. The Bertz CT molecular complexity index is 1240. The van der Waals surface area contributed by atoms with Gasteiger partial charge in [0.05, 0.1) is 6.67 Å². The molecule has 3 saturated heterocycles. The largest absolute Gasteiger partial charge is 0.341 e. The van der Waals surface area contributed by atoms with Crippen molar-refractivity contribution in [1.82, 2.24) is 14.1 Å². The highest BCUT2D eigenvalue weighted by atomic mass is 32.2. The Balaban J connectivity index is 1.33. The number of carbonyl (C=O) groups is 2. The molecule has 0 aliphatic carbocycles. The summed E-state index contributed by atoms with van der Waals surface area (Å²) in [6.45, 7) is 2.36. The summed E-state index contributed by atoms with van der Waals surface area (Å²) < 4.78 is 27.6. The van der Waals surface area contributed by atoms with E-state index >= 15 is 0 Å². The van der Waals surface area contributed by atoms with Crippen LogP contribution in [0.25, 0.3) is 6.08 Å². The van der Waals surface area contributed by atoms with E-state index in [0.29, 0.717) is 19.5 Å². The molecule has 3 aliphatic rings. The van der Waals surface area contributed by atoms with Gasteiger partial charge in [0.25, 0.3) is 0 Å². The molecule has 0 atom stereocenters. The molecule has 0 saturated carbocycles. The summed E-state index contributed by atoms with van der Waals surface area (Å²) in [5.41, 5.74) is 0.859. The maximum Gasteiger partial charge on any atom is 0.250 e. The number of para-hydroxylation sites is 1. The Morgan fingerprint density at radius 1 is 0.865 bits per heavy atom. The highest BCUT2D eigenvalue weighted by Crippen LogP contribution is 2.40. The number of benzene rings is 2. The molecular formula is C28H34N4O4S. The molecule has 2 aromatic rings. The maximum atomic E-state index is 13.9. The number of sulfonamides is 1. The summed E-state index contributed by atoms with van der Waals surface area (Å²) in [6.07, 6.45) is 5.48. The van der Waals surface area contributed by atoms with Crippen LogP contribution in [0.5, 0.6) is 0 Å². The van der Waals surface area contributed by atoms with Crippen LogP contribution in [-0.2, 0) is 19.6 Å². The minimum absolute atomic E-state index is 0.0100. The maximum absolute atomic E-state index is 13.9. The van der Waals surface area contributed by atoms with Crippen LogP contribution >= 0.6 is 0 Å². The number of piperidine rings is 2. The van der Waals surface area contributed by atoms with Gasteiger partial charge < -0.3 is 14.7 Å². The van der Waals surface area contributed by atoms with Crippen molar-refractivity contribution in [3.8, 4) is 0 Å². The number of rotatable bonds is 6. The van der Waals surface area contributed by atoms with E-state index in [1.54, 1.807) is 11.0 Å². The molecule has 5 rings (SSSR count). The van der Waals surface area contributed by atoms with E-state index in [1.807, 2.05) is 65.6 Å². The molecule has 2 aromatic carbocycles. The zero-order valence-electron chi connectivity index (χ0n) is 21.0. The van der Waals surface area contributed by atoms with Crippen molar-refractivity contribution in [3.63, 3.8) is 0 Å². The molecule has 37 heavy (non-hydrogen) atoms. The van der Waals surface area contributed by atoms with Gasteiger partial charge in [0.15, 0.2) is 0 Å². The molecule has 3 fully saturated rings. The second kappa shape index (κ2) is 10.7. The van der Waals surface area contributed by atoms with Crippen LogP contribution in [-0.4, -0.2) is 79.3 Å². The summed E-state index contributed by atoms with van der Waals surface area (Å²) in [5, 5.41) is 1.25. The first-order valence-corrected chi connectivity index (χ1v) is 14.5. The average Bonchev–Trinajstić information content (AvgIpc) is 3.20. The molecule has 2 amide bonds. The molecule has 0 aromatic heterocycles. The summed E-state index contributed by atoms with van der Waals surface area (Å²) in [4.78, 5) is 32.5. The predicted molar refractivity (Wildman–Crippen MR) is 144 cm³/mol. The fourth-order valence-electron chi connectivity index (χ4n) is 5.65. The van der Waals surface area contributed by atoms with Gasteiger partial charge in [-0.05, 0) is 55.9 Å². The molecular weight excluding hydrogens is 488 g/mol. The Labute approximate surface area is 219 Å². The molecule has 9 heteroatoms. The number of hydrogen-bond acceptors (Lipinski definition) is 5. The SMILES string of the molecule is O=C(CN1CN(c2ccccc2)C2(CCN(S(=O)(=O)/C=C/c3ccccc3)CC2)C1=O)N1CCCCC1. The Hall–Kier alpha value is -3.17. The van der Waals surface area contributed by atoms with Crippen molar-refractivity contribution < 1.29 is 18.0 Å². The predicted octanol–water partition coefficient (Wildman–Crippen LogP) is 3.14. The first kappa shape index (κ1) is 25.5. The lowest BCUT2D eigenvalue weighted by atomic mass is 9.86. The van der Waals surface area contributed by atoms with E-state index in [2.05, 4.69) is 4.90 Å². The van der Waals surface area contributed by atoms with E-state index in [1.165, 1.54) is 9.71 Å². The fourth-order valence-corrected chi connectivity index (χ4v) is 6.85. The molecule has 0 N–H and O–H groups in total. The van der Waals surface area contributed by atoms with Crippen molar-refractivity contribution >= 4 is 33.6 Å². The Morgan fingerprint density at radius 3 is 2.14 bits per heavy atom. The van der Waals surface area contributed by atoms with Crippen LogP contribution in [0.2, 0.25) is 0 Å². The number of carbonyl (C=O) groups excluding carboxylic acids is 2. The lowest BCUT2D eigenvalue weighted by molar-refractivity contribution is -0.141. The number of hydrogen-bond donors (Lipinski definition) is 0. The highest BCUT2D eigenvalue weighted by molar-refractivity contribution is 7.92. The first-order chi connectivity index (χ1) is 17.9. The molecule has 0 radical (unpaired) electrons. The Kier molecular flexibility index (Phi) is 7.35. The molecule has 8 nitrogen and oxygen atoms in total. The van der Waals surface area contributed by atoms with Crippen molar-refractivity contribution in [2.45, 2.75) is 37.6 Å². The topological polar surface area (TPSA) is 81.2 Å². The third-order valence-corrected chi connectivity index (χ3v) is 9.32. The highest BCUT2D eigenvalue weighted by Gasteiger charge is 2.54. The van der Waals surface area contributed by atoms with Gasteiger partial charge in [-0.15, -0.1) is 0 Å². The van der Waals surface area contributed by atoms with Gasteiger partial charge in [0.2, 0.25) is 21.8 Å². The molecule has 0 bridgehead atoms. The van der Waals surface area contributed by atoms with Crippen molar-refractivity contribution in [1.29, 1.82) is 0 Å². The van der Waals surface area contributed by atoms with Gasteiger partial charge in [0.1, 0.15) is 12.1 Å². The summed E-state index contributed by atoms with van der Waals surface area (Å²) in [6, 6.07) is 19.1. The quantitative estimate of drug-likeness (QED) is 0.582. The van der Waals surface area contributed by atoms with E-state index in [0.717, 1.165) is 43.6 Å². The minimum atomic E-state index is -3.63. The van der Waals surface area contributed by atoms with E-state index in [9.17, 15) is 18.0 Å². The van der Waals surface area contributed by atoms with E-state index in [-0.39, 0.29) is 31.4 Å². The average molecular weight is 523 g/mol. The third kappa shape index (κ3) is 5.29. The van der Waals surface area contributed by atoms with E-state index < -0.39 is 15.6 Å². The van der Waals surface area contributed by atoms with Crippen LogP contribution in [0.4, 0.5) is 5.69 Å². The van der Waals surface area contributed by atoms with Gasteiger partial charge in [-0.1, -0.05) is 48.5 Å². The Morgan fingerprint density at radius 2 is 1.49 bits per heavy atom. The van der Waals surface area contributed by atoms with Crippen LogP contribution < -0.4 is 4.90 Å². The van der Waals surface area contributed by atoms with Crippen molar-refractivity contribution in [2.75, 3.05) is 44.3 Å². The van der Waals surface area contributed by atoms with Crippen molar-refractivity contribution in [2.24, 2.45) is 0 Å². The van der Waals surface area contributed by atoms with Crippen LogP contribution in [0.3, 0.4) is 0 Å². The van der Waals surface area contributed by atoms with Crippen molar-refractivity contribution in [3.05, 3.63) is 71.6 Å². The second-order valence-corrected chi connectivity index (χ2v) is 11.9. The molecule has 0 unspecified atom stereocenters. The lowest BCUT2D eigenvalue weighted by Crippen LogP contribution is -2.57. The van der Waals surface area contributed by atoms with Gasteiger partial charge in [-0.2, -0.15) is 4.31 Å². The molecule has 3 heterocycles. The number of nitrogens with zero attached hydrogens (tertiary/aromatic N) is 4. The van der Waals surface area contributed by atoms with Gasteiger partial charge >= 0.3 is 0 Å². The first-order valence-electron chi connectivity index (χ1n) is 13.0. The summed E-state index contributed by atoms with van der Waals surface area (Å²) >= 11 is 0. The van der Waals surface area contributed by atoms with Crippen LogP contribution in [0.15, 0.2) is 66.1 Å². The zero-order chi connectivity index (χ0) is 25.9. The number of likely N-dealkylation sites (tertiary alicyclic amines) is 1. The van der Waals surface area contributed by atoms with Gasteiger partial charge in [0, 0.05) is 37.3 Å². The van der Waals surface area contributed by atoms with Crippen LogP contribution in [0.1, 0.15) is 37.7 Å². The van der Waals surface area contributed by atoms with E-state index in [4.69, 9.17) is 0 Å². The number of amides is 2. The van der Waals surface area contributed by atoms with Gasteiger partial charge in [-0.3, -0.25) is 9.59 Å².